The molecule has 0 radical (unpaired) electrons. The van der Waals surface area contributed by atoms with Gasteiger partial charge in [0, 0.05) is 18.9 Å². The zero-order valence-corrected chi connectivity index (χ0v) is 11.2. The molecule has 1 unspecified atom stereocenters. The van der Waals surface area contributed by atoms with Crippen molar-refractivity contribution in [1.29, 1.82) is 0 Å². The standard InChI is InChI=1S/C14H25N3/c1-3-17-10-9-16-14(17)13(15-2)11-12-7-5-4-6-8-12/h9-10,12-13,15H,3-8,11H2,1-2H3. The van der Waals surface area contributed by atoms with E-state index in [1.165, 1.54) is 44.3 Å². The molecule has 1 N–H and O–H groups in total. The van der Waals surface area contributed by atoms with Gasteiger partial charge in [0.15, 0.2) is 0 Å². The average molecular weight is 235 g/mol. The van der Waals surface area contributed by atoms with E-state index in [9.17, 15) is 0 Å². The lowest BCUT2D eigenvalue weighted by atomic mass is 9.84. The lowest BCUT2D eigenvalue weighted by Gasteiger charge is -2.26. The van der Waals surface area contributed by atoms with Crippen LogP contribution in [-0.4, -0.2) is 16.6 Å². The van der Waals surface area contributed by atoms with Crippen molar-refractivity contribution >= 4 is 0 Å². The van der Waals surface area contributed by atoms with Crippen LogP contribution in [-0.2, 0) is 6.54 Å². The maximum absolute atomic E-state index is 4.52. The third-order valence-electron chi connectivity index (χ3n) is 4.04. The summed E-state index contributed by atoms with van der Waals surface area (Å²) >= 11 is 0. The number of nitrogens with zero attached hydrogens (tertiary/aromatic N) is 2. The van der Waals surface area contributed by atoms with Crippen LogP contribution in [0.1, 0.15) is 57.3 Å². The van der Waals surface area contributed by atoms with Crippen molar-refractivity contribution in [2.24, 2.45) is 5.92 Å². The van der Waals surface area contributed by atoms with Crippen molar-refractivity contribution < 1.29 is 0 Å². The van der Waals surface area contributed by atoms with Crippen LogP contribution in [0.25, 0.3) is 0 Å². The predicted octanol–water partition coefficient (Wildman–Crippen LogP) is 3.13. The fourth-order valence-corrected chi connectivity index (χ4v) is 3.01. The molecule has 1 aromatic heterocycles. The molecule has 0 saturated heterocycles. The maximum Gasteiger partial charge on any atom is 0.125 e. The van der Waals surface area contributed by atoms with E-state index in [1.54, 1.807) is 0 Å². The zero-order chi connectivity index (χ0) is 12.1. The molecule has 1 aliphatic carbocycles. The van der Waals surface area contributed by atoms with Gasteiger partial charge in [-0.25, -0.2) is 4.98 Å². The van der Waals surface area contributed by atoms with Crippen LogP contribution in [0.15, 0.2) is 12.4 Å². The van der Waals surface area contributed by atoms with E-state index in [1.807, 2.05) is 6.20 Å². The quantitative estimate of drug-likeness (QED) is 0.849. The topological polar surface area (TPSA) is 29.9 Å². The first-order valence-corrected chi connectivity index (χ1v) is 7.03. The summed E-state index contributed by atoms with van der Waals surface area (Å²) in [5.74, 6) is 2.10. The summed E-state index contributed by atoms with van der Waals surface area (Å²) in [5.41, 5.74) is 0. The van der Waals surface area contributed by atoms with Gasteiger partial charge in [0.2, 0.25) is 0 Å². The van der Waals surface area contributed by atoms with Crippen molar-refractivity contribution in [3.8, 4) is 0 Å². The molecule has 1 aromatic rings. The minimum Gasteiger partial charge on any atom is -0.334 e. The van der Waals surface area contributed by atoms with E-state index in [2.05, 4.69) is 35.0 Å². The van der Waals surface area contributed by atoms with E-state index in [-0.39, 0.29) is 0 Å². The lowest BCUT2D eigenvalue weighted by Crippen LogP contribution is -2.24. The van der Waals surface area contributed by atoms with Crippen LogP contribution >= 0.6 is 0 Å². The molecular formula is C14H25N3. The lowest BCUT2D eigenvalue weighted by molar-refractivity contribution is 0.298. The minimum atomic E-state index is 0.424. The van der Waals surface area contributed by atoms with Crippen molar-refractivity contribution in [3.63, 3.8) is 0 Å². The van der Waals surface area contributed by atoms with E-state index in [0.717, 1.165) is 12.5 Å². The normalized spacial score (nSPS) is 19.4. The summed E-state index contributed by atoms with van der Waals surface area (Å²) < 4.78 is 2.25. The molecule has 0 aliphatic heterocycles. The van der Waals surface area contributed by atoms with Crippen molar-refractivity contribution in [2.45, 2.75) is 58.0 Å². The molecule has 0 bridgehead atoms. The van der Waals surface area contributed by atoms with E-state index in [0.29, 0.717) is 6.04 Å². The SMILES string of the molecule is CCn1ccnc1C(CC1CCCCC1)NC. The smallest absolute Gasteiger partial charge is 0.125 e. The van der Waals surface area contributed by atoms with Crippen LogP contribution in [0, 0.1) is 5.92 Å². The number of aromatic nitrogens is 2. The number of hydrogen-bond acceptors (Lipinski definition) is 2. The van der Waals surface area contributed by atoms with E-state index >= 15 is 0 Å². The molecule has 17 heavy (non-hydrogen) atoms. The summed E-state index contributed by atoms with van der Waals surface area (Å²) in [6.45, 7) is 3.19. The van der Waals surface area contributed by atoms with Crippen LogP contribution < -0.4 is 5.32 Å². The second-order valence-corrected chi connectivity index (χ2v) is 5.15. The maximum atomic E-state index is 4.52. The van der Waals surface area contributed by atoms with E-state index in [4.69, 9.17) is 0 Å². The number of nitrogens with one attached hydrogen (secondary N) is 1. The monoisotopic (exact) mass is 235 g/mol. The number of imidazole rings is 1. The summed E-state index contributed by atoms with van der Waals surface area (Å²) in [4.78, 5) is 4.52. The third kappa shape index (κ3) is 3.09. The molecule has 0 amide bonds. The fourth-order valence-electron chi connectivity index (χ4n) is 3.01. The summed E-state index contributed by atoms with van der Waals surface area (Å²) in [6.07, 6.45) is 12.3. The highest BCUT2D eigenvalue weighted by Crippen LogP contribution is 2.31. The number of hydrogen-bond donors (Lipinski definition) is 1. The Morgan fingerprint density at radius 3 is 2.82 bits per heavy atom. The van der Waals surface area contributed by atoms with Gasteiger partial charge in [-0.1, -0.05) is 32.1 Å². The minimum absolute atomic E-state index is 0.424. The molecule has 2 rings (SSSR count). The van der Waals surface area contributed by atoms with Crippen LogP contribution in [0.3, 0.4) is 0 Å². The third-order valence-corrected chi connectivity index (χ3v) is 4.04. The van der Waals surface area contributed by atoms with Crippen LogP contribution in [0.4, 0.5) is 0 Å². The van der Waals surface area contributed by atoms with Gasteiger partial charge in [0.25, 0.3) is 0 Å². The Labute approximate surface area is 105 Å². The van der Waals surface area contributed by atoms with E-state index < -0.39 is 0 Å². The molecule has 1 heterocycles. The molecule has 1 fully saturated rings. The zero-order valence-electron chi connectivity index (χ0n) is 11.2. The molecule has 3 nitrogen and oxygen atoms in total. The Kier molecular flexibility index (Phi) is 4.60. The van der Waals surface area contributed by atoms with Gasteiger partial charge in [-0.15, -0.1) is 0 Å². The van der Waals surface area contributed by atoms with Crippen molar-refractivity contribution in [2.75, 3.05) is 7.05 Å². The highest BCUT2D eigenvalue weighted by molar-refractivity contribution is 4.99. The number of aryl methyl sites for hydroxylation is 1. The Morgan fingerprint density at radius 1 is 1.41 bits per heavy atom. The fraction of sp³-hybridized carbons (Fsp3) is 0.786. The summed E-state index contributed by atoms with van der Waals surface area (Å²) in [7, 11) is 2.06. The summed E-state index contributed by atoms with van der Waals surface area (Å²) in [5, 5.41) is 3.44. The van der Waals surface area contributed by atoms with Crippen LogP contribution in [0.5, 0.6) is 0 Å². The predicted molar refractivity (Wildman–Crippen MR) is 70.9 cm³/mol. The van der Waals surface area contributed by atoms with Gasteiger partial charge in [-0.05, 0) is 26.3 Å². The van der Waals surface area contributed by atoms with Gasteiger partial charge < -0.3 is 9.88 Å². The second-order valence-electron chi connectivity index (χ2n) is 5.15. The molecule has 96 valence electrons. The Hall–Kier alpha value is -0.830. The molecule has 1 saturated carbocycles. The Bertz CT molecular complexity index is 326. The van der Waals surface area contributed by atoms with Gasteiger partial charge in [0.05, 0.1) is 6.04 Å². The van der Waals surface area contributed by atoms with Gasteiger partial charge in [-0.3, -0.25) is 0 Å². The van der Waals surface area contributed by atoms with Gasteiger partial charge in [-0.2, -0.15) is 0 Å². The summed E-state index contributed by atoms with van der Waals surface area (Å²) in [6, 6.07) is 0.424. The second kappa shape index (κ2) is 6.20. The molecule has 0 aromatic carbocycles. The van der Waals surface area contributed by atoms with Crippen LogP contribution in [0.2, 0.25) is 0 Å². The Balaban J connectivity index is 2.00. The average Bonchev–Trinajstić information content (AvgIpc) is 2.85. The molecule has 1 aliphatic rings. The highest BCUT2D eigenvalue weighted by Gasteiger charge is 2.21. The first-order chi connectivity index (χ1) is 8.35. The molecular weight excluding hydrogens is 210 g/mol. The van der Waals surface area contributed by atoms with Gasteiger partial charge >= 0.3 is 0 Å². The highest BCUT2D eigenvalue weighted by atomic mass is 15.1. The number of rotatable bonds is 5. The molecule has 3 heteroatoms. The molecule has 1 atom stereocenters. The van der Waals surface area contributed by atoms with Gasteiger partial charge in [0.1, 0.15) is 5.82 Å². The molecule has 0 spiro atoms. The van der Waals surface area contributed by atoms with Crippen molar-refractivity contribution in [1.82, 2.24) is 14.9 Å². The largest absolute Gasteiger partial charge is 0.334 e. The Morgan fingerprint density at radius 2 is 2.18 bits per heavy atom. The first-order valence-electron chi connectivity index (χ1n) is 7.03. The first kappa shape index (κ1) is 12.6. The van der Waals surface area contributed by atoms with Crippen molar-refractivity contribution in [3.05, 3.63) is 18.2 Å².